The van der Waals surface area contributed by atoms with Crippen LogP contribution in [0.2, 0.25) is 0 Å². The van der Waals surface area contributed by atoms with Crippen LogP contribution < -0.4 is 10.6 Å². The molecule has 2 unspecified atom stereocenters. The van der Waals surface area contributed by atoms with Crippen LogP contribution in [0.4, 0.5) is 5.13 Å². The summed E-state index contributed by atoms with van der Waals surface area (Å²) < 4.78 is 5.53. The first kappa shape index (κ1) is 26.2. The first-order valence-electron chi connectivity index (χ1n) is 12.9. The predicted molar refractivity (Wildman–Crippen MR) is 147 cm³/mol. The Morgan fingerprint density at radius 3 is 2.41 bits per heavy atom. The summed E-state index contributed by atoms with van der Waals surface area (Å²) in [5.41, 5.74) is 1.65. The molecule has 0 bridgehead atoms. The third-order valence-electron chi connectivity index (χ3n) is 6.97. The molecule has 10 heteroatoms. The maximum absolute atomic E-state index is 13.5. The van der Waals surface area contributed by atoms with Crippen LogP contribution >= 0.6 is 23.1 Å². The number of nitrogens with one attached hydrogen (secondary N) is 2. The average molecular weight is 543 g/mol. The van der Waals surface area contributed by atoms with Crippen molar-refractivity contribution in [3.05, 3.63) is 35.2 Å². The van der Waals surface area contributed by atoms with E-state index < -0.39 is 11.5 Å². The topological polar surface area (TPSA) is 101 Å². The zero-order chi connectivity index (χ0) is 26.2. The Kier molecular flexibility index (Phi) is 7.60. The van der Waals surface area contributed by atoms with Gasteiger partial charge in [-0.1, -0.05) is 32.9 Å². The van der Waals surface area contributed by atoms with Crippen molar-refractivity contribution in [1.82, 2.24) is 15.2 Å². The van der Waals surface area contributed by atoms with E-state index in [1.807, 2.05) is 43.2 Å². The minimum Gasteiger partial charge on any atom is -0.381 e. The Hall–Kier alpha value is -2.43. The van der Waals surface area contributed by atoms with Crippen LogP contribution in [0.15, 0.2) is 29.6 Å². The summed E-state index contributed by atoms with van der Waals surface area (Å²) in [5.74, 6) is 0.636. The molecule has 3 fully saturated rings. The van der Waals surface area contributed by atoms with Gasteiger partial charge in [0.2, 0.25) is 11.8 Å². The number of carbonyl (C=O) groups excluding carboxylic acids is 3. The fourth-order valence-electron chi connectivity index (χ4n) is 4.68. The number of thiazole rings is 1. The van der Waals surface area contributed by atoms with Crippen LogP contribution in [0, 0.1) is 11.3 Å². The van der Waals surface area contributed by atoms with E-state index in [0.717, 1.165) is 36.9 Å². The second-order valence-electron chi connectivity index (χ2n) is 11.0. The minimum absolute atomic E-state index is 0.000202. The zero-order valence-electron chi connectivity index (χ0n) is 21.5. The summed E-state index contributed by atoms with van der Waals surface area (Å²) in [6.45, 7) is 7.11. The highest BCUT2D eigenvalue weighted by atomic mass is 32.2. The average Bonchev–Trinajstić information content (AvgIpc) is 3.39. The molecule has 1 aliphatic carbocycles. The van der Waals surface area contributed by atoms with E-state index >= 15 is 0 Å². The molecule has 3 amide bonds. The predicted octanol–water partition coefficient (Wildman–Crippen LogP) is 4.38. The van der Waals surface area contributed by atoms with Crippen molar-refractivity contribution in [2.75, 3.05) is 24.3 Å². The lowest BCUT2D eigenvalue weighted by atomic mass is 9.91. The van der Waals surface area contributed by atoms with Crippen molar-refractivity contribution >= 4 is 46.0 Å². The van der Waals surface area contributed by atoms with Gasteiger partial charge in [-0.25, -0.2) is 4.98 Å². The zero-order valence-corrected chi connectivity index (χ0v) is 23.1. The van der Waals surface area contributed by atoms with Gasteiger partial charge in [-0.15, -0.1) is 23.1 Å². The number of benzene rings is 1. The Labute approximate surface area is 225 Å². The quantitative estimate of drug-likeness (QED) is 0.562. The highest BCUT2D eigenvalue weighted by Crippen LogP contribution is 2.41. The third kappa shape index (κ3) is 6.02. The molecule has 2 saturated heterocycles. The van der Waals surface area contributed by atoms with Gasteiger partial charge >= 0.3 is 0 Å². The Morgan fingerprint density at radius 1 is 1.05 bits per heavy atom. The van der Waals surface area contributed by atoms with E-state index in [9.17, 15) is 14.4 Å². The van der Waals surface area contributed by atoms with Crippen LogP contribution in [0.25, 0.3) is 11.3 Å². The summed E-state index contributed by atoms with van der Waals surface area (Å²) >= 11 is 3.05. The van der Waals surface area contributed by atoms with Crippen molar-refractivity contribution in [2.24, 2.45) is 11.3 Å². The summed E-state index contributed by atoms with van der Waals surface area (Å²) in [6, 6.07) is 7.12. The number of anilines is 1. The minimum atomic E-state index is -0.580. The van der Waals surface area contributed by atoms with Gasteiger partial charge in [0, 0.05) is 46.9 Å². The molecule has 2 aromatic rings. The maximum Gasteiger partial charge on any atom is 0.251 e. The number of aromatic nitrogens is 1. The molecule has 37 heavy (non-hydrogen) atoms. The molecule has 2 aliphatic heterocycles. The second-order valence-corrected chi connectivity index (χ2v) is 13.0. The molecule has 1 aromatic heterocycles. The molecule has 0 spiro atoms. The lowest BCUT2D eigenvalue weighted by molar-refractivity contribution is -0.146. The molecule has 5 rings (SSSR count). The SMILES string of the molecule is CC(C)(C)C(=O)N1C(C(=O)Nc2nc(-c3ccc(C(=O)NC4CC4)cc3)cs2)CSC1C1CCOCC1. The van der Waals surface area contributed by atoms with E-state index in [0.29, 0.717) is 41.6 Å². The lowest BCUT2D eigenvalue weighted by Crippen LogP contribution is -2.53. The van der Waals surface area contributed by atoms with Gasteiger partial charge in [0.05, 0.1) is 11.1 Å². The molecule has 198 valence electrons. The summed E-state index contributed by atoms with van der Waals surface area (Å²) in [6.07, 6.45) is 3.90. The monoisotopic (exact) mass is 542 g/mol. The van der Waals surface area contributed by atoms with Gasteiger partial charge in [-0.2, -0.15) is 0 Å². The number of ether oxygens (including phenoxy) is 1. The van der Waals surface area contributed by atoms with Crippen molar-refractivity contribution < 1.29 is 19.1 Å². The van der Waals surface area contributed by atoms with E-state index in [2.05, 4.69) is 15.6 Å². The molecule has 1 aromatic carbocycles. The fraction of sp³-hybridized carbons (Fsp3) is 0.556. The second kappa shape index (κ2) is 10.7. The molecule has 8 nitrogen and oxygen atoms in total. The smallest absolute Gasteiger partial charge is 0.251 e. The van der Waals surface area contributed by atoms with Gasteiger partial charge in [0.15, 0.2) is 5.13 Å². The van der Waals surface area contributed by atoms with Crippen LogP contribution in [0.1, 0.15) is 56.8 Å². The first-order valence-corrected chi connectivity index (χ1v) is 14.8. The summed E-state index contributed by atoms with van der Waals surface area (Å²) in [5, 5.41) is 8.32. The lowest BCUT2D eigenvalue weighted by Gasteiger charge is -2.38. The highest BCUT2D eigenvalue weighted by molar-refractivity contribution is 8.00. The largest absolute Gasteiger partial charge is 0.381 e. The van der Waals surface area contributed by atoms with Gasteiger partial charge in [0.1, 0.15) is 6.04 Å². The van der Waals surface area contributed by atoms with Crippen LogP contribution in [0.5, 0.6) is 0 Å². The highest BCUT2D eigenvalue weighted by Gasteiger charge is 2.47. The van der Waals surface area contributed by atoms with Gasteiger partial charge in [-0.05, 0) is 43.7 Å². The first-order chi connectivity index (χ1) is 17.7. The normalized spacial score (nSPS) is 22.6. The van der Waals surface area contributed by atoms with Crippen LogP contribution in [-0.4, -0.2) is 64.0 Å². The Balaban J connectivity index is 1.27. The van der Waals surface area contributed by atoms with E-state index in [1.54, 1.807) is 23.9 Å². The van der Waals surface area contributed by atoms with E-state index in [-0.39, 0.29) is 23.1 Å². The Bertz CT molecular complexity index is 1150. The molecule has 2 atom stereocenters. The van der Waals surface area contributed by atoms with Crippen molar-refractivity contribution in [1.29, 1.82) is 0 Å². The van der Waals surface area contributed by atoms with Crippen molar-refractivity contribution in [3.8, 4) is 11.3 Å². The molecule has 0 radical (unpaired) electrons. The molecular weight excluding hydrogens is 508 g/mol. The number of thioether (sulfide) groups is 1. The number of rotatable bonds is 6. The van der Waals surface area contributed by atoms with Crippen molar-refractivity contribution in [2.45, 2.75) is 63.9 Å². The van der Waals surface area contributed by atoms with Crippen LogP contribution in [-0.2, 0) is 14.3 Å². The maximum atomic E-state index is 13.5. The van der Waals surface area contributed by atoms with Crippen molar-refractivity contribution in [3.63, 3.8) is 0 Å². The summed E-state index contributed by atoms with van der Waals surface area (Å²) in [4.78, 5) is 45.6. The number of hydrogen-bond donors (Lipinski definition) is 2. The van der Waals surface area contributed by atoms with Gasteiger partial charge < -0.3 is 20.3 Å². The molecular formula is C27H34N4O4S2. The fourth-order valence-corrected chi connectivity index (χ4v) is 7.04. The number of amides is 3. The van der Waals surface area contributed by atoms with Gasteiger partial charge in [-0.3, -0.25) is 14.4 Å². The Morgan fingerprint density at radius 2 is 1.76 bits per heavy atom. The van der Waals surface area contributed by atoms with Gasteiger partial charge in [0.25, 0.3) is 5.91 Å². The molecule has 1 saturated carbocycles. The number of hydrogen-bond acceptors (Lipinski definition) is 7. The molecule has 3 heterocycles. The standard InChI is InChI=1S/C27H34N4O4S2/c1-27(2,3)25(34)31-21(15-36-24(31)18-10-12-35-13-11-18)23(33)30-26-29-20(14-37-26)16-4-6-17(7-5-16)22(32)28-19-8-9-19/h4-7,14,18-19,21,24H,8-13,15H2,1-3H3,(H,28,32)(H,29,30,33). The third-order valence-corrected chi connectivity index (χ3v) is 9.19. The van der Waals surface area contributed by atoms with E-state index in [1.165, 1.54) is 11.3 Å². The molecule has 2 N–H and O–H groups in total. The molecule has 3 aliphatic rings. The van der Waals surface area contributed by atoms with Crippen LogP contribution in [0.3, 0.4) is 0 Å². The number of carbonyl (C=O) groups is 3. The summed E-state index contributed by atoms with van der Waals surface area (Å²) in [7, 11) is 0. The van der Waals surface area contributed by atoms with E-state index in [4.69, 9.17) is 4.74 Å². The number of nitrogens with zero attached hydrogens (tertiary/aromatic N) is 2.